The molecule has 0 aliphatic rings. The fourth-order valence-corrected chi connectivity index (χ4v) is 1.81. The van der Waals surface area contributed by atoms with Gasteiger partial charge in [-0.1, -0.05) is 13.3 Å². The van der Waals surface area contributed by atoms with E-state index in [0.29, 0.717) is 18.9 Å². The molecule has 1 aromatic rings. The van der Waals surface area contributed by atoms with Gasteiger partial charge < -0.3 is 11.1 Å². The maximum absolute atomic E-state index is 13.2. The predicted octanol–water partition coefficient (Wildman–Crippen LogP) is 2.31. The number of nitrogens with two attached hydrogens (primary N) is 1. The van der Waals surface area contributed by atoms with Crippen molar-refractivity contribution in [2.75, 3.05) is 11.9 Å². The van der Waals surface area contributed by atoms with Crippen molar-refractivity contribution in [1.82, 2.24) is 4.98 Å². The zero-order valence-corrected chi connectivity index (χ0v) is 10.7. The van der Waals surface area contributed by atoms with Crippen molar-refractivity contribution in [2.45, 2.75) is 32.6 Å². The summed E-state index contributed by atoms with van der Waals surface area (Å²) in [4.78, 5) is 15.3. The molecule has 1 aromatic heterocycles. The Labute approximate surface area is 107 Å². The molecule has 3 N–H and O–H groups in total. The number of hydrogen-bond acceptors (Lipinski definition) is 3. The minimum atomic E-state index is -0.514. The van der Waals surface area contributed by atoms with Gasteiger partial charge in [-0.25, -0.2) is 4.39 Å². The summed E-state index contributed by atoms with van der Waals surface area (Å²) in [6.45, 7) is 2.72. The Balaban J connectivity index is 2.40. The Bertz CT molecular complexity index is 384. The van der Waals surface area contributed by atoms with E-state index >= 15 is 0 Å². The Morgan fingerprint density at radius 1 is 1.56 bits per heavy atom. The molecule has 1 amide bonds. The lowest BCUT2D eigenvalue weighted by molar-refractivity contribution is -0.116. The average Bonchev–Trinajstić information content (AvgIpc) is 2.37. The van der Waals surface area contributed by atoms with Gasteiger partial charge in [-0.3, -0.25) is 9.78 Å². The molecule has 4 nitrogen and oxygen atoms in total. The molecule has 0 fully saturated rings. The van der Waals surface area contributed by atoms with Crippen LogP contribution in [0.15, 0.2) is 18.5 Å². The van der Waals surface area contributed by atoms with E-state index in [9.17, 15) is 9.18 Å². The van der Waals surface area contributed by atoms with Crippen LogP contribution < -0.4 is 11.1 Å². The SMILES string of the molecule is CCC(CCN)CCC(=O)Nc1ccncc1F. The van der Waals surface area contributed by atoms with Gasteiger partial charge >= 0.3 is 0 Å². The van der Waals surface area contributed by atoms with Crippen molar-refractivity contribution in [3.05, 3.63) is 24.3 Å². The monoisotopic (exact) mass is 253 g/mol. The van der Waals surface area contributed by atoms with E-state index in [2.05, 4.69) is 17.2 Å². The summed E-state index contributed by atoms with van der Waals surface area (Å²) in [6.07, 6.45) is 5.63. The summed E-state index contributed by atoms with van der Waals surface area (Å²) in [5.74, 6) is -0.224. The number of rotatable bonds is 7. The number of pyridine rings is 1. The second-order valence-corrected chi connectivity index (χ2v) is 4.29. The van der Waals surface area contributed by atoms with Gasteiger partial charge in [0.1, 0.15) is 0 Å². The van der Waals surface area contributed by atoms with Gasteiger partial charge in [-0.15, -0.1) is 0 Å². The standard InChI is InChI=1S/C13H20FN3O/c1-2-10(5-7-15)3-4-13(18)17-12-6-8-16-9-11(12)14/h6,8-10H,2-5,7,15H2,1H3,(H,16,17,18). The van der Waals surface area contributed by atoms with Crippen molar-refractivity contribution in [3.63, 3.8) is 0 Å². The number of halogens is 1. The first-order valence-corrected chi connectivity index (χ1v) is 6.26. The molecule has 5 heteroatoms. The molecule has 1 unspecified atom stereocenters. The molecule has 1 rings (SSSR count). The molecular formula is C13H20FN3O. The van der Waals surface area contributed by atoms with E-state index in [1.807, 2.05) is 0 Å². The quantitative estimate of drug-likeness (QED) is 0.783. The Hall–Kier alpha value is -1.49. The van der Waals surface area contributed by atoms with Crippen molar-refractivity contribution in [1.29, 1.82) is 0 Å². The van der Waals surface area contributed by atoms with Gasteiger partial charge in [0.25, 0.3) is 0 Å². The molecular weight excluding hydrogens is 233 g/mol. The minimum Gasteiger partial charge on any atom is -0.330 e. The summed E-state index contributed by atoms with van der Waals surface area (Å²) >= 11 is 0. The zero-order valence-electron chi connectivity index (χ0n) is 10.7. The lowest BCUT2D eigenvalue weighted by Gasteiger charge is -2.13. The molecule has 0 saturated carbocycles. The third kappa shape index (κ3) is 4.79. The van der Waals surface area contributed by atoms with Crippen LogP contribution in [0.1, 0.15) is 32.6 Å². The van der Waals surface area contributed by atoms with Crippen molar-refractivity contribution in [2.24, 2.45) is 11.7 Å². The highest BCUT2D eigenvalue weighted by Crippen LogP contribution is 2.16. The van der Waals surface area contributed by atoms with Gasteiger partial charge in [0, 0.05) is 12.6 Å². The Morgan fingerprint density at radius 3 is 2.94 bits per heavy atom. The highest BCUT2D eigenvalue weighted by atomic mass is 19.1. The number of carbonyl (C=O) groups is 1. The van der Waals surface area contributed by atoms with E-state index in [1.54, 1.807) is 0 Å². The molecule has 0 saturated heterocycles. The molecule has 0 aliphatic heterocycles. The second-order valence-electron chi connectivity index (χ2n) is 4.29. The van der Waals surface area contributed by atoms with Gasteiger partial charge in [0.05, 0.1) is 11.9 Å². The van der Waals surface area contributed by atoms with Crippen LogP contribution in [0.25, 0.3) is 0 Å². The van der Waals surface area contributed by atoms with Crippen LogP contribution in [0.2, 0.25) is 0 Å². The van der Waals surface area contributed by atoms with Crippen molar-refractivity contribution >= 4 is 11.6 Å². The fourth-order valence-electron chi connectivity index (χ4n) is 1.81. The molecule has 1 heterocycles. The number of nitrogens with one attached hydrogen (secondary N) is 1. The van der Waals surface area contributed by atoms with E-state index in [1.165, 1.54) is 12.3 Å². The van der Waals surface area contributed by atoms with Crippen molar-refractivity contribution < 1.29 is 9.18 Å². The smallest absolute Gasteiger partial charge is 0.224 e. The average molecular weight is 253 g/mol. The summed E-state index contributed by atoms with van der Waals surface area (Å²) in [5, 5.41) is 2.55. The molecule has 1 atom stereocenters. The molecule has 100 valence electrons. The number of aromatic nitrogens is 1. The van der Waals surface area contributed by atoms with E-state index < -0.39 is 5.82 Å². The van der Waals surface area contributed by atoms with E-state index in [0.717, 1.165) is 25.5 Å². The number of anilines is 1. The van der Waals surface area contributed by atoms with E-state index in [-0.39, 0.29) is 11.6 Å². The molecule has 0 spiro atoms. The summed E-state index contributed by atoms with van der Waals surface area (Å²) in [6, 6.07) is 1.45. The van der Waals surface area contributed by atoms with Gasteiger partial charge in [0.2, 0.25) is 5.91 Å². The normalized spacial score (nSPS) is 12.2. The third-order valence-corrected chi connectivity index (χ3v) is 2.98. The molecule has 0 aliphatic carbocycles. The van der Waals surface area contributed by atoms with Crippen molar-refractivity contribution in [3.8, 4) is 0 Å². The summed E-state index contributed by atoms with van der Waals surface area (Å²) in [5.41, 5.74) is 5.68. The van der Waals surface area contributed by atoms with Gasteiger partial charge in [-0.05, 0) is 31.4 Å². The highest BCUT2D eigenvalue weighted by Gasteiger charge is 2.10. The highest BCUT2D eigenvalue weighted by molar-refractivity contribution is 5.90. The number of carbonyl (C=O) groups excluding carboxylic acids is 1. The molecule has 0 aromatic carbocycles. The minimum absolute atomic E-state index is 0.171. The summed E-state index contributed by atoms with van der Waals surface area (Å²) < 4.78 is 13.2. The number of amides is 1. The van der Waals surface area contributed by atoms with Crippen LogP contribution in [-0.4, -0.2) is 17.4 Å². The van der Waals surface area contributed by atoms with Gasteiger partial charge in [-0.2, -0.15) is 0 Å². The third-order valence-electron chi connectivity index (χ3n) is 2.98. The summed E-state index contributed by atoms with van der Waals surface area (Å²) in [7, 11) is 0. The van der Waals surface area contributed by atoms with Crippen LogP contribution in [-0.2, 0) is 4.79 Å². The van der Waals surface area contributed by atoms with E-state index in [4.69, 9.17) is 5.73 Å². The number of nitrogens with zero attached hydrogens (tertiary/aromatic N) is 1. The maximum Gasteiger partial charge on any atom is 0.224 e. The lowest BCUT2D eigenvalue weighted by atomic mass is 9.96. The lowest BCUT2D eigenvalue weighted by Crippen LogP contribution is -2.15. The fraction of sp³-hybridized carbons (Fsp3) is 0.538. The maximum atomic E-state index is 13.2. The first-order chi connectivity index (χ1) is 8.67. The Morgan fingerprint density at radius 2 is 2.33 bits per heavy atom. The van der Waals surface area contributed by atoms with Gasteiger partial charge in [0.15, 0.2) is 5.82 Å². The predicted molar refractivity (Wildman–Crippen MR) is 69.5 cm³/mol. The van der Waals surface area contributed by atoms with Crippen LogP contribution in [0.3, 0.4) is 0 Å². The van der Waals surface area contributed by atoms with Crippen LogP contribution in [0, 0.1) is 11.7 Å². The van der Waals surface area contributed by atoms with Crippen LogP contribution in [0.5, 0.6) is 0 Å². The zero-order chi connectivity index (χ0) is 13.4. The topological polar surface area (TPSA) is 68.0 Å². The van der Waals surface area contributed by atoms with Crippen LogP contribution >= 0.6 is 0 Å². The van der Waals surface area contributed by atoms with Crippen LogP contribution in [0.4, 0.5) is 10.1 Å². The molecule has 0 bridgehead atoms. The largest absolute Gasteiger partial charge is 0.330 e. The first-order valence-electron chi connectivity index (χ1n) is 6.26. The Kier molecular flexibility index (Phi) is 6.28. The first kappa shape index (κ1) is 14.6. The second kappa shape index (κ2) is 7.76. The molecule has 0 radical (unpaired) electrons. The molecule has 18 heavy (non-hydrogen) atoms. The number of hydrogen-bond donors (Lipinski definition) is 2.